The number of nitrogens with one attached hydrogen (secondary N) is 1. The first kappa shape index (κ1) is 15.7. The molecule has 0 aromatic heterocycles. The standard InChI is InChI=1S/C17H24FIN2/c18-16-7-6-14(19)12-15(16)17(13-4-2-1-3-5-13)21-10-8-20-9-11-21/h6-7,12-13,17,20H,1-5,8-11H2/t17-/m1/s1. The molecule has 0 amide bonds. The van der Waals surface area contributed by atoms with Crippen molar-refractivity contribution >= 4 is 22.6 Å². The number of nitrogens with zero attached hydrogens (tertiary/aromatic N) is 1. The lowest BCUT2D eigenvalue weighted by atomic mass is 9.80. The monoisotopic (exact) mass is 402 g/mol. The molecule has 0 bridgehead atoms. The van der Waals surface area contributed by atoms with Crippen molar-refractivity contribution in [3.05, 3.63) is 33.1 Å². The lowest BCUT2D eigenvalue weighted by Crippen LogP contribution is -2.47. The van der Waals surface area contributed by atoms with Gasteiger partial charge in [-0.2, -0.15) is 0 Å². The summed E-state index contributed by atoms with van der Waals surface area (Å²) >= 11 is 2.30. The maximum absolute atomic E-state index is 14.5. The van der Waals surface area contributed by atoms with Gasteiger partial charge in [0.2, 0.25) is 0 Å². The molecule has 2 aliphatic rings. The van der Waals surface area contributed by atoms with Crippen LogP contribution in [0.5, 0.6) is 0 Å². The Hall–Kier alpha value is -0.200. The molecule has 116 valence electrons. The molecule has 2 fully saturated rings. The normalized spacial score (nSPS) is 23.1. The van der Waals surface area contributed by atoms with Crippen LogP contribution in [-0.2, 0) is 0 Å². The second kappa shape index (κ2) is 7.38. The van der Waals surface area contributed by atoms with Crippen LogP contribution in [-0.4, -0.2) is 31.1 Å². The molecule has 1 atom stereocenters. The molecule has 1 N–H and O–H groups in total. The van der Waals surface area contributed by atoms with E-state index in [4.69, 9.17) is 0 Å². The average Bonchev–Trinajstić information content (AvgIpc) is 2.53. The van der Waals surface area contributed by atoms with Gasteiger partial charge in [0, 0.05) is 41.4 Å². The van der Waals surface area contributed by atoms with Crippen molar-refractivity contribution in [2.45, 2.75) is 38.1 Å². The van der Waals surface area contributed by atoms with E-state index in [1.165, 1.54) is 32.1 Å². The van der Waals surface area contributed by atoms with Gasteiger partial charge in [-0.3, -0.25) is 4.90 Å². The topological polar surface area (TPSA) is 15.3 Å². The molecule has 1 heterocycles. The predicted octanol–water partition coefficient (Wildman–Crippen LogP) is 3.96. The van der Waals surface area contributed by atoms with Gasteiger partial charge in [-0.1, -0.05) is 19.3 Å². The summed E-state index contributed by atoms with van der Waals surface area (Å²) in [4.78, 5) is 2.51. The van der Waals surface area contributed by atoms with E-state index in [1.54, 1.807) is 6.07 Å². The van der Waals surface area contributed by atoms with Gasteiger partial charge in [-0.25, -0.2) is 4.39 Å². The predicted molar refractivity (Wildman–Crippen MR) is 92.9 cm³/mol. The van der Waals surface area contributed by atoms with E-state index in [0.29, 0.717) is 5.92 Å². The van der Waals surface area contributed by atoms with E-state index in [-0.39, 0.29) is 11.9 Å². The Labute approximate surface area is 140 Å². The number of rotatable bonds is 3. The Balaban J connectivity index is 1.91. The average molecular weight is 402 g/mol. The fourth-order valence-electron chi connectivity index (χ4n) is 3.90. The molecule has 2 nitrogen and oxygen atoms in total. The Kier molecular flexibility index (Phi) is 5.51. The molecule has 3 rings (SSSR count). The van der Waals surface area contributed by atoms with E-state index in [9.17, 15) is 4.39 Å². The van der Waals surface area contributed by atoms with Crippen LogP contribution in [0.25, 0.3) is 0 Å². The van der Waals surface area contributed by atoms with Gasteiger partial charge in [0.1, 0.15) is 5.82 Å². The zero-order valence-electron chi connectivity index (χ0n) is 12.5. The summed E-state index contributed by atoms with van der Waals surface area (Å²) in [5, 5.41) is 3.41. The Bertz CT molecular complexity index is 450. The highest BCUT2D eigenvalue weighted by Crippen LogP contribution is 2.39. The number of hydrogen-bond donors (Lipinski definition) is 1. The molecule has 21 heavy (non-hydrogen) atoms. The van der Waals surface area contributed by atoms with Gasteiger partial charge < -0.3 is 5.32 Å². The molecular formula is C17H24FIN2. The lowest BCUT2D eigenvalue weighted by Gasteiger charge is -2.41. The van der Waals surface area contributed by atoms with Crippen LogP contribution >= 0.6 is 22.6 Å². The Morgan fingerprint density at radius 2 is 1.86 bits per heavy atom. The highest BCUT2D eigenvalue weighted by atomic mass is 127. The molecule has 1 aliphatic carbocycles. The summed E-state index contributed by atoms with van der Waals surface area (Å²) in [6, 6.07) is 5.85. The van der Waals surface area contributed by atoms with Crippen molar-refractivity contribution in [3.8, 4) is 0 Å². The van der Waals surface area contributed by atoms with Gasteiger partial charge >= 0.3 is 0 Å². The van der Waals surface area contributed by atoms with Crippen molar-refractivity contribution in [3.63, 3.8) is 0 Å². The summed E-state index contributed by atoms with van der Waals surface area (Å²) in [7, 11) is 0. The molecule has 1 aromatic rings. The molecule has 1 aliphatic heterocycles. The summed E-state index contributed by atoms with van der Waals surface area (Å²) in [6.07, 6.45) is 6.45. The lowest BCUT2D eigenvalue weighted by molar-refractivity contribution is 0.100. The number of benzene rings is 1. The van der Waals surface area contributed by atoms with Crippen LogP contribution in [0.1, 0.15) is 43.7 Å². The number of halogens is 2. The van der Waals surface area contributed by atoms with E-state index in [0.717, 1.165) is 35.3 Å². The minimum absolute atomic E-state index is 0.0236. The molecule has 1 saturated carbocycles. The minimum atomic E-state index is -0.0236. The van der Waals surface area contributed by atoms with Crippen molar-refractivity contribution in [2.24, 2.45) is 5.92 Å². The summed E-state index contributed by atoms with van der Waals surface area (Å²) < 4.78 is 15.6. The van der Waals surface area contributed by atoms with E-state index >= 15 is 0 Å². The first-order valence-corrected chi connectivity index (χ1v) is 9.23. The maximum Gasteiger partial charge on any atom is 0.128 e. The molecule has 1 aromatic carbocycles. The largest absolute Gasteiger partial charge is 0.314 e. The SMILES string of the molecule is Fc1ccc(I)cc1[C@@H](C1CCCCC1)N1CCNCC1. The second-order valence-electron chi connectivity index (χ2n) is 6.29. The van der Waals surface area contributed by atoms with Gasteiger partial charge in [0.25, 0.3) is 0 Å². The summed E-state index contributed by atoms with van der Waals surface area (Å²) in [6.45, 7) is 4.11. The fraction of sp³-hybridized carbons (Fsp3) is 0.647. The van der Waals surface area contributed by atoms with Crippen LogP contribution in [0.2, 0.25) is 0 Å². The fourth-order valence-corrected chi connectivity index (χ4v) is 4.42. The van der Waals surface area contributed by atoms with E-state index < -0.39 is 0 Å². The summed E-state index contributed by atoms with van der Waals surface area (Å²) in [5.41, 5.74) is 0.927. The van der Waals surface area contributed by atoms with Crippen molar-refractivity contribution in [2.75, 3.05) is 26.2 Å². The minimum Gasteiger partial charge on any atom is -0.314 e. The van der Waals surface area contributed by atoms with Gasteiger partial charge in [0.05, 0.1) is 0 Å². The van der Waals surface area contributed by atoms with Crippen LogP contribution in [0.15, 0.2) is 18.2 Å². The van der Waals surface area contributed by atoms with E-state index in [1.807, 2.05) is 6.07 Å². The Morgan fingerprint density at radius 3 is 2.57 bits per heavy atom. The van der Waals surface area contributed by atoms with Crippen molar-refractivity contribution < 1.29 is 4.39 Å². The third kappa shape index (κ3) is 3.77. The molecule has 1 saturated heterocycles. The van der Waals surface area contributed by atoms with Crippen LogP contribution in [0, 0.1) is 15.3 Å². The zero-order chi connectivity index (χ0) is 14.7. The third-order valence-electron chi connectivity index (χ3n) is 4.92. The zero-order valence-corrected chi connectivity index (χ0v) is 14.6. The molecule has 0 unspecified atom stereocenters. The molecule has 0 spiro atoms. The van der Waals surface area contributed by atoms with Crippen molar-refractivity contribution in [1.82, 2.24) is 10.2 Å². The molecule has 4 heteroatoms. The van der Waals surface area contributed by atoms with Crippen LogP contribution in [0.3, 0.4) is 0 Å². The number of piperazine rings is 1. The Morgan fingerprint density at radius 1 is 1.14 bits per heavy atom. The van der Waals surface area contributed by atoms with Crippen LogP contribution in [0.4, 0.5) is 4.39 Å². The second-order valence-corrected chi connectivity index (χ2v) is 7.54. The van der Waals surface area contributed by atoms with Gasteiger partial charge in [0.15, 0.2) is 0 Å². The molecular weight excluding hydrogens is 378 g/mol. The molecule has 0 radical (unpaired) electrons. The highest BCUT2D eigenvalue weighted by molar-refractivity contribution is 14.1. The quantitative estimate of drug-likeness (QED) is 0.771. The summed E-state index contributed by atoms with van der Waals surface area (Å²) in [5.74, 6) is 0.592. The maximum atomic E-state index is 14.5. The highest BCUT2D eigenvalue weighted by Gasteiger charge is 2.32. The van der Waals surface area contributed by atoms with E-state index in [2.05, 4.69) is 38.9 Å². The third-order valence-corrected chi connectivity index (χ3v) is 5.59. The van der Waals surface area contributed by atoms with Gasteiger partial charge in [-0.05, 0) is 59.5 Å². The first-order valence-electron chi connectivity index (χ1n) is 8.15. The van der Waals surface area contributed by atoms with Gasteiger partial charge in [-0.15, -0.1) is 0 Å². The number of hydrogen-bond acceptors (Lipinski definition) is 2. The first-order chi connectivity index (χ1) is 10.3. The van der Waals surface area contributed by atoms with Crippen molar-refractivity contribution in [1.29, 1.82) is 0 Å². The van der Waals surface area contributed by atoms with Crippen LogP contribution < -0.4 is 5.32 Å². The smallest absolute Gasteiger partial charge is 0.128 e.